The van der Waals surface area contributed by atoms with E-state index in [1.165, 1.54) is 4.90 Å². The molecule has 2 amide bonds. The minimum Gasteiger partial charge on any atom is -0.490 e. The van der Waals surface area contributed by atoms with Crippen LogP contribution in [0.5, 0.6) is 5.75 Å². The average Bonchev–Trinajstić information content (AvgIpc) is 2.34. The number of carbonyl (C=O) groups is 2. The number of nitrogens with zero attached hydrogens (tertiary/aromatic N) is 1. The number of piperidine rings is 1. The number of nitrogen functional groups attached to an aromatic ring is 1. The first kappa shape index (κ1) is 13.4. The summed E-state index contributed by atoms with van der Waals surface area (Å²) in [5.41, 5.74) is 6.29. The van der Waals surface area contributed by atoms with Crippen molar-refractivity contribution < 1.29 is 14.3 Å². The van der Waals surface area contributed by atoms with E-state index in [2.05, 4.69) is 0 Å². The van der Waals surface area contributed by atoms with Crippen molar-refractivity contribution in [3.05, 3.63) is 24.3 Å². The molecule has 0 atom stereocenters. The Morgan fingerprint density at radius 1 is 1.26 bits per heavy atom. The van der Waals surface area contributed by atoms with Crippen molar-refractivity contribution >= 4 is 17.5 Å². The number of hydrogen-bond donors (Lipinski definition) is 1. The lowest BCUT2D eigenvalue weighted by Crippen LogP contribution is -2.44. The molecule has 0 bridgehead atoms. The molecule has 0 unspecified atom stereocenters. The van der Waals surface area contributed by atoms with E-state index in [9.17, 15) is 9.59 Å². The number of rotatable bonds is 4. The van der Waals surface area contributed by atoms with Gasteiger partial charge in [-0.25, -0.2) is 0 Å². The molecule has 0 aliphatic carbocycles. The van der Waals surface area contributed by atoms with Gasteiger partial charge in [-0.05, 0) is 18.1 Å². The van der Waals surface area contributed by atoms with Crippen molar-refractivity contribution in [1.82, 2.24) is 4.90 Å². The quantitative estimate of drug-likeness (QED) is 0.658. The Labute approximate surface area is 112 Å². The summed E-state index contributed by atoms with van der Waals surface area (Å²) in [6, 6.07) is 7.15. The fourth-order valence-corrected chi connectivity index (χ4v) is 2.14. The molecule has 1 aromatic carbocycles. The van der Waals surface area contributed by atoms with Gasteiger partial charge in [-0.15, -0.1) is 0 Å². The Hall–Kier alpha value is -2.04. The Bertz CT molecular complexity index is 469. The zero-order valence-electron chi connectivity index (χ0n) is 11.0. The van der Waals surface area contributed by atoms with Gasteiger partial charge in [0.2, 0.25) is 11.8 Å². The Morgan fingerprint density at radius 2 is 1.89 bits per heavy atom. The minimum absolute atomic E-state index is 0.117. The van der Waals surface area contributed by atoms with Gasteiger partial charge in [0.15, 0.2) is 0 Å². The van der Waals surface area contributed by atoms with Crippen LogP contribution in [0.4, 0.5) is 5.69 Å². The summed E-state index contributed by atoms with van der Waals surface area (Å²) in [7, 11) is 0. The fourth-order valence-electron chi connectivity index (χ4n) is 2.14. The van der Waals surface area contributed by atoms with Gasteiger partial charge >= 0.3 is 0 Å². The highest BCUT2D eigenvalue weighted by Crippen LogP contribution is 2.21. The standard InChI is InChI=1S/C14H18N2O3/c1-10-8-13(17)16(14(18)9-10)6-7-19-12-5-3-2-4-11(12)15/h2-5,10H,6-9,15H2,1H3. The van der Waals surface area contributed by atoms with Crippen LogP contribution >= 0.6 is 0 Å². The van der Waals surface area contributed by atoms with Gasteiger partial charge in [-0.1, -0.05) is 19.1 Å². The number of benzene rings is 1. The summed E-state index contributed by atoms with van der Waals surface area (Å²) < 4.78 is 5.49. The van der Waals surface area contributed by atoms with E-state index >= 15 is 0 Å². The van der Waals surface area contributed by atoms with Crippen molar-refractivity contribution in [2.75, 3.05) is 18.9 Å². The van der Waals surface area contributed by atoms with Crippen LogP contribution < -0.4 is 10.5 Å². The lowest BCUT2D eigenvalue weighted by molar-refractivity contribution is -0.150. The van der Waals surface area contributed by atoms with Crippen LogP contribution in [0.2, 0.25) is 0 Å². The Balaban J connectivity index is 1.87. The minimum atomic E-state index is -0.117. The maximum Gasteiger partial charge on any atom is 0.229 e. The van der Waals surface area contributed by atoms with Crippen LogP contribution in [0.15, 0.2) is 24.3 Å². The second-order valence-electron chi connectivity index (χ2n) is 4.84. The number of amides is 2. The normalized spacial score (nSPS) is 16.8. The smallest absolute Gasteiger partial charge is 0.229 e. The third kappa shape index (κ3) is 3.24. The van der Waals surface area contributed by atoms with Gasteiger partial charge in [0, 0.05) is 12.8 Å². The molecule has 2 rings (SSSR count). The van der Waals surface area contributed by atoms with Crippen LogP contribution in [0.1, 0.15) is 19.8 Å². The van der Waals surface area contributed by atoms with Crippen molar-refractivity contribution in [3.63, 3.8) is 0 Å². The van der Waals surface area contributed by atoms with Gasteiger partial charge in [-0.2, -0.15) is 0 Å². The number of ether oxygens (including phenoxy) is 1. The Kier molecular flexibility index (Phi) is 4.04. The molecule has 19 heavy (non-hydrogen) atoms. The molecule has 1 fully saturated rings. The molecule has 0 aromatic heterocycles. The topological polar surface area (TPSA) is 72.6 Å². The summed E-state index contributed by atoms with van der Waals surface area (Å²) in [5, 5.41) is 0. The van der Waals surface area contributed by atoms with Crippen LogP contribution in [0, 0.1) is 5.92 Å². The highest BCUT2D eigenvalue weighted by atomic mass is 16.5. The number of nitrogens with two attached hydrogens (primary N) is 1. The first-order valence-corrected chi connectivity index (χ1v) is 6.38. The molecule has 1 saturated heterocycles. The number of carbonyl (C=O) groups excluding carboxylic acids is 2. The highest BCUT2D eigenvalue weighted by molar-refractivity contribution is 5.97. The second-order valence-corrected chi connectivity index (χ2v) is 4.84. The van der Waals surface area contributed by atoms with Crippen LogP contribution in [-0.4, -0.2) is 29.9 Å². The average molecular weight is 262 g/mol. The summed E-state index contributed by atoms with van der Waals surface area (Å²) >= 11 is 0. The van der Waals surface area contributed by atoms with Crippen LogP contribution in [-0.2, 0) is 9.59 Å². The third-order valence-corrected chi connectivity index (χ3v) is 3.14. The second kappa shape index (κ2) is 5.73. The largest absolute Gasteiger partial charge is 0.490 e. The number of likely N-dealkylation sites (tertiary alicyclic amines) is 1. The van der Waals surface area contributed by atoms with Crippen molar-refractivity contribution in [1.29, 1.82) is 0 Å². The summed E-state index contributed by atoms with van der Waals surface area (Å²) in [4.78, 5) is 24.8. The summed E-state index contributed by atoms with van der Waals surface area (Å²) in [6.45, 7) is 2.45. The Morgan fingerprint density at radius 3 is 2.53 bits per heavy atom. The van der Waals surface area contributed by atoms with Gasteiger partial charge < -0.3 is 10.5 Å². The first-order chi connectivity index (χ1) is 9.08. The maximum absolute atomic E-state index is 11.7. The summed E-state index contributed by atoms with van der Waals surface area (Å²) in [6.07, 6.45) is 0.860. The van der Waals surface area contributed by atoms with E-state index in [-0.39, 0.29) is 30.9 Å². The van der Waals surface area contributed by atoms with Gasteiger partial charge in [0.25, 0.3) is 0 Å². The molecule has 1 aliphatic rings. The molecule has 1 aromatic rings. The molecule has 1 heterocycles. The van der Waals surface area contributed by atoms with Gasteiger partial charge in [0.1, 0.15) is 12.4 Å². The maximum atomic E-state index is 11.7. The third-order valence-electron chi connectivity index (χ3n) is 3.14. The number of anilines is 1. The predicted molar refractivity (Wildman–Crippen MR) is 71.5 cm³/mol. The van der Waals surface area contributed by atoms with E-state index < -0.39 is 0 Å². The van der Waals surface area contributed by atoms with Crippen molar-refractivity contribution in [2.24, 2.45) is 5.92 Å². The van der Waals surface area contributed by atoms with E-state index in [0.717, 1.165) is 0 Å². The van der Waals surface area contributed by atoms with E-state index in [1.807, 2.05) is 19.1 Å². The van der Waals surface area contributed by atoms with Crippen molar-refractivity contribution in [2.45, 2.75) is 19.8 Å². The molecule has 0 spiro atoms. The molecule has 0 saturated carbocycles. The van der Waals surface area contributed by atoms with E-state index in [1.54, 1.807) is 12.1 Å². The monoisotopic (exact) mass is 262 g/mol. The van der Waals surface area contributed by atoms with E-state index in [4.69, 9.17) is 10.5 Å². The van der Waals surface area contributed by atoms with Crippen LogP contribution in [0.25, 0.3) is 0 Å². The van der Waals surface area contributed by atoms with Gasteiger partial charge in [-0.3, -0.25) is 14.5 Å². The molecule has 5 heteroatoms. The summed E-state index contributed by atoms with van der Waals surface area (Å²) in [5.74, 6) is 0.483. The first-order valence-electron chi connectivity index (χ1n) is 6.38. The molecule has 0 radical (unpaired) electrons. The molecule has 2 N–H and O–H groups in total. The number of hydrogen-bond acceptors (Lipinski definition) is 4. The predicted octanol–water partition coefficient (Wildman–Crippen LogP) is 1.43. The fraction of sp³-hybridized carbons (Fsp3) is 0.429. The molecule has 102 valence electrons. The number of para-hydroxylation sites is 2. The molecular weight excluding hydrogens is 244 g/mol. The molecular formula is C14H18N2O3. The lowest BCUT2D eigenvalue weighted by Gasteiger charge is -2.28. The van der Waals surface area contributed by atoms with Gasteiger partial charge in [0.05, 0.1) is 12.2 Å². The zero-order chi connectivity index (χ0) is 13.8. The SMILES string of the molecule is CC1CC(=O)N(CCOc2ccccc2N)C(=O)C1. The van der Waals surface area contributed by atoms with Crippen LogP contribution in [0.3, 0.4) is 0 Å². The lowest BCUT2D eigenvalue weighted by atomic mass is 9.98. The molecule has 5 nitrogen and oxygen atoms in total. The highest BCUT2D eigenvalue weighted by Gasteiger charge is 2.29. The number of imide groups is 1. The zero-order valence-corrected chi connectivity index (χ0v) is 11.0. The van der Waals surface area contributed by atoms with Crippen molar-refractivity contribution in [3.8, 4) is 5.75 Å². The molecule has 1 aliphatic heterocycles. The van der Waals surface area contributed by atoms with E-state index in [0.29, 0.717) is 24.3 Å².